The Labute approximate surface area is 183 Å². The number of halogens is 2. The van der Waals surface area contributed by atoms with Gasteiger partial charge in [-0.1, -0.05) is 32.0 Å². The summed E-state index contributed by atoms with van der Waals surface area (Å²) in [5, 5.41) is 0. The van der Waals surface area contributed by atoms with E-state index in [2.05, 4.69) is 32.0 Å². The molecule has 0 atom stereocenters. The first-order valence-electron chi connectivity index (χ1n) is 10.7. The normalized spacial score (nSPS) is 11.1. The van der Waals surface area contributed by atoms with E-state index in [9.17, 15) is 8.78 Å². The topological polar surface area (TPSA) is 31.4 Å². The molecule has 31 heavy (non-hydrogen) atoms. The van der Waals surface area contributed by atoms with E-state index in [4.69, 9.17) is 14.5 Å². The van der Waals surface area contributed by atoms with Gasteiger partial charge in [-0.05, 0) is 56.9 Å². The summed E-state index contributed by atoms with van der Waals surface area (Å²) in [7, 11) is 0. The van der Waals surface area contributed by atoms with Crippen molar-refractivity contribution < 1.29 is 18.3 Å². The SMILES string of the molecule is CCc1cccc(CC)c1-c1cc(OC(C)C)c(COc2ccc(F)cc2F)c(C)n1. The molecule has 0 bridgehead atoms. The molecule has 0 saturated carbocycles. The van der Waals surface area contributed by atoms with Crippen molar-refractivity contribution in [1.82, 2.24) is 4.98 Å². The van der Waals surface area contributed by atoms with Crippen LogP contribution in [0.25, 0.3) is 11.3 Å². The highest BCUT2D eigenvalue weighted by Gasteiger charge is 2.18. The summed E-state index contributed by atoms with van der Waals surface area (Å²) in [5.74, 6) is -0.729. The molecular formula is C26H29F2NO2. The monoisotopic (exact) mass is 425 g/mol. The molecule has 1 aromatic heterocycles. The van der Waals surface area contributed by atoms with Gasteiger partial charge in [0, 0.05) is 23.4 Å². The summed E-state index contributed by atoms with van der Waals surface area (Å²) in [4.78, 5) is 4.86. The molecule has 0 fully saturated rings. The molecule has 0 spiro atoms. The third kappa shape index (κ3) is 5.22. The second-order valence-electron chi connectivity index (χ2n) is 7.76. The van der Waals surface area contributed by atoms with E-state index in [0.717, 1.165) is 41.4 Å². The third-order valence-electron chi connectivity index (χ3n) is 5.17. The Bertz CT molecular complexity index is 1040. The summed E-state index contributed by atoms with van der Waals surface area (Å²) in [6.07, 6.45) is 1.75. The lowest BCUT2D eigenvalue weighted by Gasteiger charge is -2.20. The molecular weight excluding hydrogens is 396 g/mol. The van der Waals surface area contributed by atoms with Crippen molar-refractivity contribution in [3.05, 3.63) is 76.5 Å². The van der Waals surface area contributed by atoms with Gasteiger partial charge in [-0.25, -0.2) is 8.78 Å². The molecule has 0 unspecified atom stereocenters. The van der Waals surface area contributed by atoms with Gasteiger partial charge < -0.3 is 9.47 Å². The molecule has 0 N–H and O–H groups in total. The number of benzene rings is 2. The van der Waals surface area contributed by atoms with Crippen molar-refractivity contribution in [2.75, 3.05) is 0 Å². The van der Waals surface area contributed by atoms with Gasteiger partial charge >= 0.3 is 0 Å². The first-order valence-corrected chi connectivity index (χ1v) is 10.7. The molecule has 5 heteroatoms. The lowest BCUT2D eigenvalue weighted by Crippen LogP contribution is -2.12. The Balaban J connectivity index is 2.04. The van der Waals surface area contributed by atoms with Crippen molar-refractivity contribution >= 4 is 0 Å². The minimum Gasteiger partial charge on any atom is -0.490 e. The van der Waals surface area contributed by atoms with Crippen molar-refractivity contribution in [3.63, 3.8) is 0 Å². The highest BCUT2D eigenvalue weighted by Crippen LogP contribution is 2.34. The average Bonchev–Trinajstić information content (AvgIpc) is 2.73. The first-order chi connectivity index (χ1) is 14.8. The van der Waals surface area contributed by atoms with Crippen LogP contribution in [-0.2, 0) is 19.4 Å². The van der Waals surface area contributed by atoms with E-state index in [0.29, 0.717) is 5.75 Å². The molecule has 3 aromatic rings. The zero-order valence-corrected chi connectivity index (χ0v) is 18.8. The Morgan fingerprint density at radius 3 is 2.19 bits per heavy atom. The van der Waals surface area contributed by atoms with Crippen molar-refractivity contribution in [2.45, 2.75) is 60.2 Å². The summed E-state index contributed by atoms with van der Waals surface area (Å²) < 4.78 is 38.9. The molecule has 164 valence electrons. The third-order valence-corrected chi connectivity index (χ3v) is 5.17. The molecule has 3 nitrogen and oxygen atoms in total. The predicted octanol–water partition coefficient (Wildman–Crippen LogP) is 6.83. The van der Waals surface area contributed by atoms with Crippen LogP contribution in [0.4, 0.5) is 8.78 Å². The average molecular weight is 426 g/mol. The molecule has 0 saturated heterocycles. The molecule has 0 amide bonds. The van der Waals surface area contributed by atoms with Gasteiger partial charge in [-0.3, -0.25) is 4.98 Å². The van der Waals surface area contributed by atoms with Gasteiger partial charge in [0.2, 0.25) is 0 Å². The van der Waals surface area contributed by atoms with Gasteiger partial charge in [0.15, 0.2) is 11.6 Å². The zero-order valence-electron chi connectivity index (χ0n) is 18.8. The fourth-order valence-corrected chi connectivity index (χ4v) is 3.65. The number of nitrogens with zero attached hydrogens (tertiary/aromatic N) is 1. The number of rotatable bonds is 8. The van der Waals surface area contributed by atoms with Crippen LogP contribution in [0.1, 0.15) is 50.1 Å². The van der Waals surface area contributed by atoms with Gasteiger partial charge in [0.1, 0.15) is 18.2 Å². The number of aryl methyl sites for hydroxylation is 3. The summed E-state index contributed by atoms with van der Waals surface area (Å²) >= 11 is 0. The van der Waals surface area contributed by atoms with Crippen molar-refractivity contribution in [3.8, 4) is 22.8 Å². The smallest absolute Gasteiger partial charge is 0.167 e. The number of hydrogen-bond donors (Lipinski definition) is 0. The number of pyridine rings is 1. The molecule has 0 aliphatic carbocycles. The molecule has 0 aliphatic rings. The van der Waals surface area contributed by atoms with Gasteiger partial charge in [-0.2, -0.15) is 0 Å². The summed E-state index contributed by atoms with van der Waals surface area (Å²) in [5.41, 5.74) is 5.97. The zero-order chi connectivity index (χ0) is 22.5. The Kier molecular flexibility index (Phi) is 7.26. The van der Waals surface area contributed by atoms with Crippen LogP contribution < -0.4 is 9.47 Å². The van der Waals surface area contributed by atoms with E-state index in [1.54, 1.807) is 0 Å². The lowest BCUT2D eigenvalue weighted by molar-refractivity contribution is 0.227. The Morgan fingerprint density at radius 2 is 1.61 bits per heavy atom. The molecule has 0 aliphatic heterocycles. The van der Waals surface area contributed by atoms with Gasteiger partial charge in [-0.15, -0.1) is 0 Å². The number of aromatic nitrogens is 1. The Hall–Kier alpha value is -2.95. The Morgan fingerprint density at radius 1 is 0.935 bits per heavy atom. The van der Waals surface area contributed by atoms with Crippen molar-refractivity contribution in [2.24, 2.45) is 0 Å². The largest absolute Gasteiger partial charge is 0.490 e. The molecule has 3 rings (SSSR count). The van der Waals surface area contributed by atoms with Crippen LogP contribution in [0.5, 0.6) is 11.5 Å². The minimum absolute atomic E-state index is 0.00929. The van der Waals surface area contributed by atoms with Crippen LogP contribution in [0.2, 0.25) is 0 Å². The number of ether oxygens (including phenoxy) is 2. The number of hydrogen-bond acceptors (Lipinski definition) is 3. The predicted molar refractivity (Wildman–Crippen MR) is 120 cm³/mol. The first kappa shape index (κ1) is 22.7. The van der Waals surface area contributed by atoms with Crippen LogP contribution in [0, 0.1) is 18.6 Å². The quantitative estimate of drug-likeness (QED) is 0.396. The molecule has 1 heterocycles. The van der Waals surface area contributed by atoms with Crippen LogP contribution in [0.15, 0.2) is 42.5 Å². The van der Waals surface area contributed by atoms with Crippen LogP contribution >= 0.6 is 0 Å². The molecule has 2 aromatic carbocycles. The highest BCUT2D eigenvalue weighted by molar-refractivity contribution is 5.70. The van der Waals surface area contributed by atoms with Crippen LogP contribution in [0.3, 0.4) is 0 Å². The minimum atomic E-state index is -0.738. The highest BCUT2D eigenvalue weighted by atomic mass is 19.1. The van der Waals surface area contributed by atoms with E-state index >= 15 is 0 Å². The van der Waals surface area contributed by atoms with Crippen molar-refractivity contribution in [1.29, 1.82) is 0 Å². The maximum atomic E-state index is 14.0. The van der Waals surface area contributed by atoms with E-state index in [-0.39, 0.29) is 18.5 Å². The lowest BCUT2D eigenvalue weighted by atomic mass is 9.94. The summed E-state index contributed by atoms with van der Waals surface area (Å²) in [6.45, 7) is 10.1. The van der Waals surface area contributed by atoms with E-state index < -0.39 is 11.6 Å². The second kappa shape index (κ2) is 9.90. The fraction of sp³-hybridized carbons (Fsp3) is 0.346. The van der Waals surface area contributed by atoms with E-state index in [1.807, 2.05) is 26.8 Å². The maximum absolute atomic E-state index is 14.0. The maximum Gasteiger partial charge on any atom is 0.167 e. The fourth-order valence-electron chi connectivity index (χ4n) is 3.65. The summed E-state index contributed by atoms with van der Waals surface area (Å²) in [6, 6.07) is 11.6. The van der Waals surface area contributed by atoms with Gasteiger partial charge in [0.05, 0.1) is 17.4 Å². The van der Waals surface area contributed by atoms with Crippen LogP contribution in [-0.4, -0.2) is 11.1 Å². The van der Waals surface area contributed by atoms with Gasteiger partial charge in [0.25, 0.3) is 0 Å². The standard InChI is InChI=1S/C26H29F2NO2/c1-6-18-9-8-10-19(7-2)26(18)23-14-25(31-16(3)4)21(17(5)29-23)15-30-24-12-11-20(27)13-22(24)28/h8-14,16H,6-7,15H2,1-5H3. The second-order valence-corrected chi connectivity index (χ2v) is 7.76. The molecule has 0 radical (unpaired) electrons. The van der Waals surface area contributed by atoms with E-state index in [1.165, 1.54) is 23.3 Å².